The van der Waals surface area contributed by atoms with Gasteiger partial charge in [0.15, 0.2) is 0 Å². The number of hydrogen-bond acceptors (Lipinski definition) is 4. The molecule has 21 heavy (non-hydrogen) atoms. The van der Waals surface area contributed by atoms with Crippen LogP contribution in [0.25, 0.3) is 0 Å². The lowest BCUT2D eigenvalue weighted by molar-refractivity contribution is 0.397. The summed E-state index contributed by atoms with van der Waals surface area (Å²) < 4.78 is 32.1. The van der Waals surface area contributed by atoms with Crippen LogP contribution in [-0.4, -0.2) is 26.8 Å². The van der Waals surface area contributed by atoms with E-state index in [1.807, 2.05) is 25.1 Å². The minimum absolute atomic E-state index is 0.212. The third kappa shape index (κ3) is 3.53. The molecule has 0 radical (unpaired) electrons. The lowest BCUT2D eigenvalue weighted by Crippen LogP contribution is -2.27. The second kappa shape index (κ2) is 6.43. The molecule has 114 valence electrons. The Morgan fingerprint density at radius 2 is 1.90 bits per heavy atom. The highest BCUT2D eigenvalue weighted by atomic mass is 32.2. The van der Waals surface area contributed by atoms with Gasteiger partial charge in [0, 0.05) is 13.6 Å². The Balaban J connectivity index is 2.28. The molecule has 0 spiro atoms. The predicted octanol–water partition coefficient (Wildman–Crippen LogP) is 2.13. The summed E-state index contributed by atoms with van der Waals surface area (Å²) in [6, 6.07) is 10.6. The van der Waals surface area contributed by atoms with Gasteiger partial charge in [0.05, 0.1) is 11.4 Å². The van der Waals surface area contributed by atoms with E-state index in [-0.39, 0.29) is 6.54 Å². The average molecular weight is 308 g/mol. The topological polar surface area (TPSA) is 62.6 Å². The molecule has 1 N–H and O–H groups in total. The smallest absolute Gasteiger partial charge is 0.243 e. The van der Waals surface area contributed by atoms with Crippen LogP contribution in [0.15, 0.2) is 45.7 Å². The zero-order valence-electron chi connectivity index (χ0n) is 12.5. The summed E-state index contributed by atoms with van der Waals surface area (Å²) in [5, 5.41) is 2.99. The van der Waals surface area contributed by atoms with Gasteiger partial charge in [0.1, 0.15) is 11.5 Å². The van der Waals surface area contributed by atoms with Crippen LogP contribution >= 0.6 is 0 Å². The van der Waals surface area contributed by atoms with Gasteiger partial charge >= 0.3 is 0 Å². The molecular weight excluding hydrogens is 288 g/mol. The van der Waals surface area contributed by atoms with Crippen molar-refractivity contribution in [3.8, 4) is 0 Å². The summed E-state index contributed by atoms with van der Waals surface area (Å²) >= 11 is 0. The minimum atomic E-state index is -3.55. The SMILES string of the molecule is CNCc1ccccc1S(=O)(=O)N(C)Cc1ccc(C)o1. The van der Waals surface area contributed by atoms with Crippen LogP contribution < -0.4 is 5.32 Å². The van der Waals surface area contributed by atoms with Crippen LogP contribution in [0, 0.1) is 6.92 Å². The van der Waals surface area contributed by atoms with Gasteiger partial charge in [-0.05, 0) is 37.7 Å². The minimum Gasteiger partial charge on any atom is -0.465 e. The first-order valence-electron chi connectivity index (χ1n) is 6.69. The zero-order valence-corrected chi connectivity index (χ0v) is 13.3. The van der Waals surface area contributed by atoms with Gasteiger partial charge in [-0.25, -0.2) is 8.42 Å². The first kappa shape index (κ1) is 15.8. The Labute approximate surface area is 125 Å². The quantitative estimate of drug-likeness (QED) is 0.888. The molecule has 2 aromatic rings. The van der Waals surface area contributed by atoms with Gasteiger partial charge in [-0.1, -0.05) is 18.2 Å². The predicted molar refractivity (Wildman–Crippen MR) is 81.3 cm³/mol. The lowest BCUT2D eigenvalue weighted by Gasteiger charge is -2.18. The third-order valence-electron chi connectivity index (χ3n) is 3.20. The molecule has 0 aliphatic heterocycles. The molecule has 0 saturated carbocycles. The van der Waals surface area contributed by atoms with Gasteiger partial charge in [0.25, 0.3) is 0 Å². The Morgan fingerprint density at radius 3 is 2.52 bits per heavy atom. The van der Waals surface area contributed by atoms with Crippen molar-refractivity contribution in [2.45, 2.75) is 24.9 Å². The van der Waals surface area contributed by atoms with E-state index in [2.05, 4.69) is 5.32 Å². The van der Waals surface area contributed by atoms with Crippen molar-refractivity contribution < 1.29 is 12.8 Å². The van der Waals surface area contributed by atoms with E-state index >= 15 is 0 Å². The maximum Gasteiger partial charge on any atom is 0.243 e. The van der Waals surface area contributed by atoms with E-state index in [9.17, 15) is 8.42 Å². The Kier molecular flexibility index (Phi) is 4.82. The summed E-state index contributed by atoms with van der Waals surface area (Å²) in [5.74, 6) is 1.40. The molecule has 0 atom stereocenters. The van der Waals surface area contributed by atoms with Crippen LogP contribution in [-0.2, 0) is 23.1 Å². The number of nitrogens with one attached hydrogen (secondary N) is 1. The fourth-order valence-electron chi connectivity index (χ4n) is 2.13. The standard InChI is InChI=1S/C15H20N2O3S/c1-12-8-9-14(20-12)11-17(3)21(18,19)15-7-5-4-6-13(15)10-16-2/h4-9,16H,10-11H2,1-3H3. The molecule has 1 aromatic carbocycles. The van der Waals surface area contributed by atoms with Crippen LogP contribution in [0.5, 0.6) is 0 Å². The van der Waals surface area contributed by atoms with Gasteiger partial charge < -0.3 is 9.73 Å². The molecule has 1 aromatic heterocycles. The number of benzene rings is 1. The fourth-order valence-corrected chi connectivity index (χ4v) is 3.49. The number of rotatable bonds is 6. The number of sulfonamides is 1. The molecule has 0 unspecified atom stereocenters. The normalized spacial score (nSPS) is 12.0. The summed E-state index contributed by atoms with van der Waals surface area (Å²) in [7, 11) is -0.198. The van der Waals surface area contributed by atoms with Crippen LogP contribution in [0.1, 0.15) is 17.1 Å². The first-order chi connectivity index (χ1) is 9.95. The van der Waals surface area contributed by atoms with E-state index < -0.39 is 10.0 Å². The van der Waals surface area contributed by atoms with Crippen LogP contribution in [0.4, 0.5) is 0 Å². The average Bonchev–Trinajstić information content (AvgIpc) is 2.85. The molecule has 6 heteroatoms. The Hall–Kier alpha value is -1.63. The van der Waals surface area contributed by atoms with Crippen molar-refractivity contribution in [3.63, 3.8) is 0 Å². The summed E-state index contributed by atoms with van der Waals surface area (Å²) in [5.41, 5.74) is 0.752. The van der Waals surface area contributed by atoms with Crippen molar-refractivity contribution in [2.75, 3.05) is 14.1 Å². The van der Waals surface area contributed by atoms with Crippen LogP contribution in [0.2, 0.25) is 0 Å². The van der Waals surface area contributed by atoms with E-state index in [1.54, 1.807) is 32.3 Å². The van der Waals surface area contributed by atoms with E-state index in [0.717, 1.165) is 11.3 Å². The highest BCUT2D eigenvalue weighted by Gasteiger charge is 2.24. The summed E-state index contributed by atoms with van der Waals surface area (Å²) in [6.07, 6.45) is 0. The maximum absolute atomic E-state index is 12.7. The molecule has 5 nitrogen and oxygen atoms in total. The highest BCUT2D eigenvalue weighted by molar-refractivity contribution is 7.89. The largest absolute Gasteiger partial charge is 0.465 e. The molecule has 2 rings (SSSR count). The number of hydrogen-bond donors (Lipinski definition) is 1. The molecule has 0 bridgehead atoms. The Bertz CT molecular complexity index is 707. The van der Waals surface area contributed by atoms with E-state index in [4.69, 9.17) is 4.42 Å². The van der Waals surface area contributed by atoms with Crippen molar-refractivity contribution in [2.24, 2.45) is 0 Å². The molecule has 1 heterocycles. The van der Waals surface area contributed by atoms with Crippen LogP contribution in [0.3, 0.4) is 0 Å². The molecule has 0 amide bonds. The third-order valence-corrected chi connectivity index (χ3v) is 5.11. The first-order valence-corrected chi connectivity index (χ1v) is 8.13. The summed E-state index contributed by atoms with van der Waals surface area (Å²) in [6.45, 7) is 2.55. The maximum atomic E-state index is 12.7. The molecule has 0 aliphatic carbocycles. The van der Waals surface area contributed by atoms with E-state index in [1.165, 1.54) is 4.31 Å². The van der Waals surface area contributed by atoms with Gasteiger partial charge in [-0.15, -0.1) is 0 Å². The number of nitrogens with zero attached hydrogens (tertiary/aromatic N) is 1. The molecule has 0 aliphatic rings. The number of furan rings is 1. The second-order valence-electron chi connectivity index (χ2n) is 4.91. The highest BCUT2D eigenvalue weighted by Crippen LogP contribution is 2.21. The molecular formula is C15H20N2O3S. The van der Waals surface area contributed by atoms with Gasteiger partial charge in [0.2, 0.25) is 10.0 Å². The second-order valence-corrected chi connectivity index (χ2v) is 6.92. The number of aryl methyl sites for hydroxylation is 1. The lowest BCUT2D eigenvalue weighted by atomic mass is 10.2. The van der Waals surface area contributed by atoms with E-state index in [0.29, 0.717) is 17.2 Å². The Morgan fingerprint density at radius 1 is 1.19 bits per heavy atom. The van der Waals surface area contributed by atoms with Gasteiger partial charge in [-0.3, -0.25) is 0 Å². The van der Waals surface area contributed by atoms with Crippen molar-refractivity contribution in [3.05, 3.63) is 53.5 Å². The monoisotopic (exact) mass is 308 g/mol. The van der Waals surface area contributed by atoms with Crippen molar-refractivity contribution in [1.82, 2.24) is 9.62 Å². The molecule has 0 saturated heterocycles. The molecule has 0 fully saturated rings. The van der Waals surface area contributed by atoms with Crippen molar-refractivity contribution in [1.29, 1.82) is 0 Å². The van der Waals surface area contributed by atoms with Crippen molar-refractivity contribution >= 4 is 10.0 Å². The zero-order chi connectivity index (χ0) is 15.5. The van der Waals surface area contributed by atoms with Gasteiger partial charge in [-0.2, -0.15) is 4.31 Å². The summed E-state index contributed by atoms with van der Waals surface area (Å²) in [4.78, 5) is 0.324. The fraction of sp³-hybridized carbons (Fsp3) is 0.333.